The number of hydrogen-bond donors (Lipinski definition) is 1. The maximum absolute atomic E-state index is 12.7. The van der Waals surface area contributed by atoms with E-state index in [1.54, 1.807) is 5.01 Å². The molecule has 0 aliphatic carbocycles. The van der Waals surface area contributed by atoms with Gasteiger partial charge in [0, 0.05) is 19.3 Å². The van der Waals surface area contributed by atoms with Crippen LogP contribution in [-0.2, 0) is 16.0 Å². The minimum absolute atomic E-state index is 0.00929. The second kappa shape index (κ2) is 8.62. The van der Waals surface area contributed by atoms with Gasteiger partial charge in [-0.3, -0.25) is 9.59 Å². The van der Waals surface area contributed by atoms with E-state index in [1.807, 2.05) is 30.3 Å². The third-order valence-electron chi connectivity index (χ3n) is 4.83. The number of aryl methyl sites for hydroxylation is 1. The maximum atomic E-state index is 12.7. The monoisotopic (exact) mass is 364 g/mol. The zero-order chi connectivity index (χ0) is 19.2. The van der Waals surface area contributed by atoms with E-state index in [4.69, 9.17) is 5.11 Å². The van der Waals surface area contributed by atoms with Crippen molar-refractivity contribution in [3.8, 4) is 0 Å². The third kappa shape index (κ3) is 4.61. The molecule has 5 heteroatoms. The summed E-state index contributed by atoms with van der Waals surface area (Å²) >= 11 is 0. The van der Waals surface area contributed by atoms with Crippen molar-refractivity contribution in [1.82, 2.24) is 5.01 Å². The molecule has 0 fully saturated rings. The summed E-state index contributed by atoms with van der Waals surface area (Å²) < 4.78 is 0. The van der Waals surface area contributed by atoms with Crippen molar-refractivity contribution < 1.29 is 14.7 Å². The van der Waals surface area contributed by atoms with Gasteiger partial charge in [0.1, 0.15) is 0 Å². The number of hydrogen-bond acceptors (Lipinski definition) is 3. The van der Waals surface area contributed by atoms with Crippen LogP contribution in [0.1, 0.15) is 55.3 Å². The van der Waals surface area contributed by atoms with Crippen LogP contribution in [0.25, 0.3) is 0 Å². The first-order chi connectivity index (χ1) is 13.1. The van der Waals surface area contributed by atoms with Gasteiger partial charge >= 0.3 is 5.97 Å². The molecule has 0 radical (unpaired) electrons. The molecule has 0 saturated heterocycles. The Hall–Kier alpha value is -2.95. The molecule has 3 rings (SSSR count). The van der Waals surface area contributed by atoms with Gasteiger partial charge < -0.3 is 5.11 Å². The normalized spacial score (nSPS) is 16.3. The lowest BCUT2D eigenvalue weighted by molar-refractivity contribution is -0.137. The largest absolute Gasteiger partial charge is 0.481 e. The van der Waals surface area contributed by atoms with Crippen molar-refractivity contribution in [2.45, 2.75) is 45.1 Å². The number of benzene rings is 2. The number of carboxylic acids is 1. The summed E-state index contributed by atoms with van der Waals surface area (Å²) in [6.45, 7) is 2.12. The SMILES string of the molecule is CCc1ccc(C2=NN(C(=O)CCCC(=O)O)[C@H](c3ccccc3)C2)cc1. The van der Waals surface area contributed by atoms with E-state index in [-0.39, 0.29) is 24.8 Å². The lowest BCUT2D eigenvalue weighted by Crippen LogP contribution is -2.26. The minimum atomic E-state index is -0.885. The molecular weight excluding hydrogens is 340 g/mol. The van der Waals surface area contributed by atoms with Crippen LogP contribution in [0.15, 0.2) is 59.7 Å². The fourth-order valence-corrected chi connectivity index (χ4v) is 3.29. The van der Waals surface area contributed by atoms with Gasteiger partial charge in [-0.1, -0.05) is 61.5 Å². The van der Waals surface area contributed by atoms with Gasteiger partial charge in [0.2, 0.25) is 5.91 Å². The van der Waals surface area contributed by atoms with E-state index in [9.17, 15) is 9.59 Å². The summed E-state index contributed by atoms with van der Waals surface area (Å²) in [7, 11) is 0. The Morgan fingerprint density at radius 2 is 1.78 bits per heavy atom. The molecule has 0 spiro atoms. The number of rotatable bonds is 7. The number of aliphatic carboxylic acids is 1. The van der Waals surface area contributed by atoms with Crippen LogP contribution in [0.2, 0.25) is 0 Å². The van der Waals surface area contributed by atoms with Crippen molar-refractivity contribution >= 4 is 17.6 Å². The van der Waals surface area contributed by atoms with Crippen LogP contribution in [0.4, 0.5) is 0 Å². The van der Waals surface area contributed by atoms with Crippen LogP contribution in [-0.4, -0.2) is 27.7 Å². The highest BCUT2D eigenvalue weighted by atomic mass is 16.4. The van der Waals surface area contributed by atoms with Crippen LogP contribution in [0, 0.1) is 0 Å². The molecular formula is C22H24N2O3. The topological polar surface area (TPSA) is 70.0 Å². The van der Waals surface area contributed by atoms with Crippen molar-refractivity contribution in [2.24, 2.45) is 5.10 Å². The summed E-state index contributed by atoms with van der Waals surface area (Å²) in [6, 6.07) is 18.0. The molecule has 1 aliphatic rings. The van der Waals surface area contributed by atoms with Crippen LogP contribution < -0.4 is 0 Å². The Labute approximate surface area is 159 Å². The number of carbonyl (C=O) groups excluding carboxylic acids is 1. The lowest BCUT2D eigenvalue weighted by Gasteiger charge is -2.22. The molecule has 1 heterocycles. The molecule has 2 aromatic carbocycles. The fraction of sp³-hybridized carbons (Fsp3) is 0.318. The van der Waals surface area contributed by atoms with Gasteiger partial charge in [0.25, 0.3) is 0 Å². The van der Waals surface area contributed by atoms with E-state index >= 15 is 0 Å². The quantitative estimate of drug-likeness (QED) is 0.801. The van der Waals surface area contributed by atoms with Gasteiger partial charge in [-0.15, -0.1) is 0 Å². The van der Waals surface area contributed by atoms with Crippen molar-refractivity contribution in [3.63, 3.8) is 0 Å². The predicted octanol–water partition coefficient (Wildman–Crippen LogP) is 4.18. The summed E-state index contributed by atoms with van der Waals surface area (Å²) in [4.78, 5) is 23.4. The van der Waals surface area contributed by atoms with Crippen molar-refractivity contribution in [3.05, 3.63) is 71.3 Å². The van der Waals surface area contributed by atoms with Gasteiger partial charge in [-0.25, -0.2) is 5.01 Å². The highest BCUT2D eigenvalue weighted by Crippen LogP contribution is 2.33. The molecule has 1 N–H and O–H groups in total. The molecule has 0 saturated carbocycles. The summed E-state index contributed by atoms with van der Waals surface area (Å²) in [5.41, 5.74) is 4.21. The van der Waals surface area contributed by atoms with E-state index < -0.39 is 5.97 Å². The Kier molecular flexibility index (Phi) is 6.01. The summed E-state index contributed by atoms with van der Waals surface area (Å²) in [6.07, 6.45) is 2.13. The van der Waals surface area contributed by atoms with Gasteiger partial charge in [0.15, 0.2) is 0 Å². The average molecular weight is 364 g/mol. The number of carboxylic acid groups (broad SMARTS) is 1. The zero-order valence-electron chi connectivity index (χ0n) is 15.5. The number of carbonyl (C=O) groups is 2. The minimum Gasteiger partial charge on any atom is -0.481 e. The molecule has 0 bridgehead atoms. The van der Waals surface area contributed by atoms with Crippen LogP contribution in [0.5, 0.6) is 0 Å². The van der Waals surface area contributed by atoms with Crippen LogP contribution in [0.3, 0.4) is 0 Å². The zero-order valence-corrected chi connectivity index (χ0v) is 15.5. The molecule has 5 nitrogen and oxygen atoms in total. The van der Waals surface area contributed by atoms with E-state index in [0.29, 0.717) is 12.8 Å². The molecule has 2 aromatic rings. The van der Waals surface area contributed by atoms with Crippen LogP contribution >= 0.6 is 0 Å². The summed E-state index contributed by atoms with van der Waals surface area (Å²) in [5.74, 6) is -1.02. The highest BCUT2D eigenvalue weighted by Gasteiger charge is 2.32. The number of hydrazone groups is 1. The maximum Gasteiger partial charge on any atom is 0.303 e. The molecule has 140 valence electrons. The molecule has 1 amide bonds. The lowest BCUT2D eigenvalue weighted by atomic mass is 9.97. The molecule has 0 aromatic heterocycles. The smallest absolute Gasteiger partial charge is 0.303 e. The molecule has 1 atom stereocenters. The summed E-state index contributed by atoms with van der Waals surface area (Å²) in [5, 5.41) is 15.0. The third-order valence-corrected chi connectivity index (χ3v) is 4.83. The highest BCUT2D eigenvalue weighted by molar-refractivity contribution is 6.03. The number of amides is 1. The first kappa shape index (κ1) is 18.8. The second-order valence-corrected chi connectivity index (χ2v) is 6.71. The van der Waals surface area contributed by atoms with Crippen molar-refractivity contribution in [1.29, 1.82) is 0 Å². The number of nitrogens with zero attached hydrogens (tertiary/aromatic N) is 2. The van der Waals surface area contributed by atoms with E-state index in [1.165, 1.54) is 5.56 Å². The predicted molar refractivity (Wildman–Crippen MR) is 104 cm³/mol. The van der Waals surface area contributed by atoms with E-state index in [2.05, 4.69) is 36.3 Å². The Morgan fingerprint density at radius 3 is 2.41 bits per heavy atom. The second-order valence-electron chi connectivity index (χ2n) is 6.71. The molecule has 1 aliphatic heterocycles. The average Bonchev–Trinajstić information content (AvgIpc) is 3.14. The molecule has 0 unspecified atom stereocenters. The molecule has 27 heavy (non-hydrogen) atoms. The van der Waals surface area contributed by atoms with Gasteiger partial charge in [0.05, 0.1) is 11.8 Å². The first-order valence-electron chi connectivity index (χ1n) is 9.34. The first-order valence-corrected chi connectivity index (χ1v) is 9.34. The van der Waals surface area contributed by atoms with Gasteiger partial charge in [-0.2, -0.15) is 5.10 Å². The Morgan fingerprint density at radius 1 is 1.07 bits per heavy atom. The van der Waals surface area contributed by atoms with Gasteiger partial charge in [-0.05, 0) is 29.5 Å². The van der Waals surface area contributed by atoms with E-state index in [0.717, 1.165) is 23.3 Å². The fourth-order valence-electron chi connectivity index (χ4n) is 3.29. The Bertz CT molecular complexity index is 828. The van der Waals surface area contributed by atoms with Crippen molar-refractivity contribution in [2.75, 3.05) is 0 Å². The Balaban J connectivity index is 1.83. The standard InChI is InChI=1S/C22H24N2O3/c1-2-16-11-13-17(14-12-16)19-15-20(18-7-4-3-5-8-18)24(23-19)21(25)9-6-10-22(26)27/h3-5,7-8,11-14,20H,2,6,9-10,15H2,1H3,(H,26,27)/t20-/m0/s1.